The van der Waals surface area contributed by atoms with Crippen molar-refractivity contribution in [2.75, 3.05) is 5.32 Å². The predicted molar refractivity (Wildman–Crippen MR) is 72.9 cm³/mol. The fourth-order valence-electron chi connectivity index (χ4n) is 2.67. The Morgan fingerprint density at radius 1 is 1.32 bits per heavy atom. The van der Waals surface area contributed by atoms with Gasteiger partial charge >= 0.3 is 5.97 Å². The molecule has 1 fully saturated rings. The van der Waals surface area contributed by atoms with Crippen molar-refractivity contribution in [3.05, 3.63) is 29.8 Å². The van der Waals surface area contributed by atoms with Crippen molar-refractivity contribution in [1.82, 2.24) is 0 Å². The topological polar surface area (TPSA) is 66.4 Å². The van der Waals surface area contributed by atoms with Crippen LogP contribution in [0, 0.1) is 11.8 Å². The van der Waals surface area contributed by atoms with Crippen molar-refractivity contribution in [1.29, 1.82) is 0 Å². The maximum absolute atomic E-state index is 12.2. The number of aryl methyl sites for hydroxylation is 1. The lowest BCUT2D eigenvalue weighted by molar-refractivity contribution is -0.145. The summed E-state index contributed by atoms with van der Waals surface area (Å²) < 4.78 is 0. The summed E-state index contributed by atoms with van der Waals surface area (Å²) in [4.78, 5) is 23.2. The number of carboxylic acids is 1. The number of anilines is 1. The number of carboxylic acid groups (broad SMARTS) is 1. The van der Waals surface area contributed by atoms with Crippen molar-refractivity contribution in [3.63, 3.8) is 0 Å². The maximum atomic E-state index is 12.2. The molecule has 0 bridgehead atoms. The maximum Gasteiger partial charge on any atom is 0.307 e. The van der Waals surface area contributed by atoms with Crippen LogP contribution in [0.4, 0.5) is 5.69 Å². The van der Waals surface area contributed by atoms with E-state index in [9.17, 15) is 9.59 Å². The Labute approximate surface area is 112 Å². The first-order chi connectivity index (χ1) is 9.11. The zero-order valence-electron chi connectivity index (χ0n) is 11.1. The first-order valence-electron chi connectivity index (χ1n) is 6.74. The van der Waals surface area contributed by atoms with Gasteiger partial charge in [-0.2, -0.15) is 0 Å². The number of rotatable bonds is 4. The highest BCUT2D eigenvalue weighted by Gasteiger charge is 2.37. The third-order valence-corrected chi connectivity index (χ3v) is 3.77. The quantitative estimate of drug-likeness (QED) is 0.875. The van der Waals surface area contributed by atoms with E-state index in [2.05, 4.69) is 12.2 Å². The summed E-state index contributed by atoms with van der Waals surface area (Å²) in [5, 5.41) is 11.9. The molecule has 0 heterocycles. The Kier molecular flexibility index (Phi) is 4.20. The molecule has 0 saturated heterocycles. The van der Waals surface area contributed by atoms with Crippen LogP contribution in [-0.2, 0) is 16.0 Å². The monoisotopic (exact) mass is 261 g/mol. The first kappa shape index (κ1) is 13.6. The normalized spacial score (nSPS) is 22.2. The number of carbonyl (C=O) groups is 2. The molecule has 1 amide bonds. The second kappa shape index (κ2) is 5.87. The Morgan fingerprint density at radius 2 is 2.05 bits per heavy atom. The molecule has 1 aliphatic rings. The van der Waals surface area contributed by atoms with Gasteiger partial charge in [-0.25, -0.2) is 0 Å². The standard InChI is InChI=1S/C15H19NO3/c1-2-10-5-3-6-11(9-10)16-14(17)12-7-4-8-13(12)15(18)19/h3,5-6,9,12-13H,2,4,7-8H2,1H3,(H,16,17)(H,18,19)/t12-,13+/m1/s1. The molecule has 1 aromatic carbocycles. The highest BCUT2D eigenvalue weighted by Crippen LogP contribution is 2.32. The summed E-state index contributed by atoms with van der Waals surface area (Å²) >= 11 is 0. The number of hydrogen-bond acceptors (Lipinski definition) is 2. The van der Waals surface area contributed by atoms with E-state index in [1.807, 2.05) is 24.3 Å². The van der Waals surface area contributed by atoms with E-state index in [1.165, 1.54) is 0 Å². The van der Waals surface area contributed by atoms with Crippen LogP contribution >= 0.6 is 0 Å². The Morgan fingerprint density at radius 3 is 2.74 bits per heavy atom. The van der Waals surface area contributed by atoms with Gasteiger partial charge in [-0.05, 0) is 37.0 Å². The number of amides is 1. The fraction of sp³-hybridized carbons (Fsp3) is 0.467. The van der Waals surface area contributed by atoms with E-state index >= 15 is 0 Å². The minimum absolute atomic E-state index is 0.168. The molecule has 0 radical (unpaired) electrons. The summed E-state index contributed by atoms with van der Waals surface area (Å²) in [6.45, 7) is 2.05. The van der Waals surface area contributed by atoms with Gasteiger partial charge in [0.2, 0.25) is 5.91 Å². The molecule has 0 spiro atoms. The average molecular weight is 261 g/mol. The molecule has 19 heavy (non-hydrogen) atoms. The van der Waals surface area contributed by atoms with Crippen molar-refractivity contribution in [2.24, 2.45) is 11.8 Å². The lowest BCUT2D eigenvalue weighted by atomic mass is 9.95. The van der Waals surface area contributed by atoms with Gasteiger partial charge in [0.1, 0.15) is 0 Å². The highest BCUT2D eigenvalue weighted by molar-refractivity contribution is 5.95. The molecule has 0 aliphatic heterocycles. The zero-order valence-corrected chi connectivity index (χ0v) is 11.1. The molecule has 2 rings (SSSR count). The number of aliphatic carboxylic acids is 1. The SMILES string of the molecule is CCc1cccc(NC(=O)[C@@H]2CCC[C@@H]2C(=O)O)c1. The lowest BCUT2D eigenvalue weighted by Crippen LogP contribution is -2.30. The van der Waals surface area contributed by atoms with Crippen LogP contribution in [0.25, 0.3) is 0 Å². The molecule has 0 unspecified atom stereocenters. The third kappa shape index (κ3) is 3.13. The van der Waals surface area contributed by atoms with Gasteiger partial charge in [-0.1, -0.05) is 25.5 Å². The fourth-order valence-corrected chi connectivity index (χ4v) is 2.67. The van der Waals surface area contributed by atoms with Crippen molar-refractivity contribution in [2.45, 2.75) is 32.6 Å². The molecule has 1 saturated carbocycles. The molecule has 1 aliphatic carbocycles. The van der Waals surface area contributed by atoms with Gasteiger partial charge in [-0.15, -0.1) is 0 Å². The van der Waals surface area contributed by atoms with E-state index in [1.54, 1.807) is 0 Å². The summed E-state index contributed by atoms with van der Waals surface area (Å²) in [6.07, 6.45) is 2.98. The van der Waals surface area contributed by atoms with Crippen LogP contribution in [0.15, 0.2) is 24.3 Å². The second-order valence-electron chi connectivity index (χ2n) is 5.03. The number of nitrogens with one attached hydrogen (secondary N) is 1. The molecular weight excluding hydrogens is 242 g/mol. The lowest BCUT2D eigenvalue weighted by Gasteiger charge is -2.15. The van der Waals surface area contributed by atoms with Crippen molar-refractivity contribution in [3.8, 4) is 0 Å². The van der Waals surface area contributed by atoms with E-state index in [-0.39, 0.29) is 5.91 Å². The smallest absolute Gasteiger partial charge is 0.307 e. The Balaban J connectivity index is 2.06. The zero-order chi connectivity index (χ0) is 13.8. The first-order valence-corrected chi connectivity index (χ1v) is 6.74. The molecule has 2 N–H and O–H groups in total. The summed E-state index contributed by atoms with van der Waals surface area (Å²) in [5.41, 5.74) is 1.90. The third-order valence-electron chi connectivity index (χ3n) is 3.77. The van der Waals surface area contributed by atoms with Gasteiger partial charge in [0, 0.05) is 5.69 Å². The van der Waals surface area contributed by atoms with Gasteiger partial charge in [0.05, 0.1) is 11.8 Å². The van der Waals surface area contributed by atoms with Crippen LogP contribution < -0.4 is 5.32 Å². The Bertz CT molecular complexity index is 484. The highest BCUT2D eigenvalue weighted by atomic mass is 16.4. The van der Waals surface area contributed by atoms with E-state index < -0.39 is 17.8 Å². The second-order valence-corrected chi connectivity index (χ2v) is 5.03. The van der Waals surface area contributed by atoms with Gasteiger partial charge < -0.3 is 10.4 Å². The van der Waals surface area contributed by atoms with Crippen LogP contribution in [0.2, 0.25) is 0 Å². The molecule has 102 valence electrons. The van der Waals surface area contributed by atoms with Crippen LogP contribution in [0.5, 0.6) is 0 Å². The minimum atomic E-state index is -0.861. The average Bonchev–Trinajstić information content (AvgIpc) is 2.88. The van der Waals surface area contributed by atoms with E-state index in [0.29, 0.717) is 12.8 Å². The molecular formula is C15H19NO3. The minimum Gasteiger partial charge on any atom is -0.481 e. The van der Waals surface area contributed by atoms with Crippen LogP contribution in [-0.4, -0.2) is 17.0 Å². The molecule has 1 aromatic rings. The van der Waals surface area contributed by atoms with Crippen LogP contribution in [0.1, 0.15) is 31.7 Å². The number of hydrogen-bond donors (Lipinski definition) is 2. The summed E-state index contributed by atoms with van der Waals surface area (Å²) in [7, 11) is 0. The van der Waals surface area contributed by atoms with Crippen LogP contribution in [0.3, 0.4) is 0 Å². The molecule has 2 atom stereocenters. The van der Waals surface area contributed by atoms with Gasteiger partial charge in [0.25, 0.3) is 0 Å². The molecule has 0 aromatic heterocycles. The van der Waals surface area contributed by atoms with E-state index in [0.717, 1.165) is 24.1 Å². The van der Waals surface area contributed by atoms with Gasteiger partial charge in [0.15, 0.2) is 0 Å². The number of benzene rings is 1. The van der Waals surface area contributed by atoms with Crippen molar-refractivity contribution < 1.29 is 14.7 Å². The largest absolute Gasteiger partial charge is 0.481 e. The number of carbonyl (C=O) groups excluding carboxylic acids is 1. The summed E-state index contributed by atoms with van der Waals surface area (Å²) in [6, 6.07) is 7.67. The summed E-state index contributed by atoms with van der Waals surface area (Å²) in [5.74, 6) is -1.96. The Hall–Kier alpha value is -1.84. The molecule has 4 nitrogen and oxygen atoms in total. The van der Waals surface area contributed by atoms with Gasteiger partial charge in [-0.3, -0.25) is 9.59 Å². The molecule has 4 heteroatoms. The predicted octanol–water partition coefficient (Wildman–Crippen LogP) is 2.69. The van der Waals surface area contributed by atoms with Crippen molar-refractivity contribution >= 4 is 17.6 Å². The van der Waals surface area contributed by atoms with E-state index in [4.69, 9.17) is 5.11 Å².